The molecule has 25 nitrogen and oxygen atoms in total. The first-order chi connectivity index (χ1) is 29.3. The highest BCUT2D eigenvalue weighted by atomic mass is 16.5. The van der Waals surface area contributed by atoms with Gasteiger partial charge < -0.3 is 85.4 Å². The summed E-state index contributed by atoms with van der Waals surface area (Å²) in [6.45, 7) is 4.22. The summed E-state index contributed by atoms with van der Waals surface area (Å²) in [6, 6.07) is 6.56. The Morgan fingerprint density at radius 3 is 0.825 bits per heavy atom. The van der Waals surface area contributed by atoms with E-state index in [1.807, 2.05) is 0 Å². The van der Waals surface area contributed by atoms with Gasteiger partial charge in [0.25, 0.3) is 11.8 Å². The Kier molecular flexibility index (Phi) is 24.2. The summed E-state index contributed by atoms with van der Waals surface area (Å²) in [5.41, 5.74) is 11.9. The van der Waals surface area contributed by atoms with Gasteiger partial charge in [-0.05, 0) is 24.3 Å². The summed E-state index contributed by atoms with van der Waals surface area (Å²) in [5, 5.41) is 46.1. The Bertz CT molecular complexity index is 1750. The molecule has 4 rings (SSSR count). The van der Waals surface area contributed by atoms with E-state index in [9.17, 15) is 28.8 Å². The third kappa shape index (κ3) is 18.1. The van der Waals surface area contributed by atoms with Gasteiger partial charge in [0.05, 0.1) is 42.7 Å². The van der Waals surface area contributed by atoms with Crippen LogP contribution >= 0.6 is 0 Å². The molecule has 0 aromatic heterocycles. The number of benzene rings is 2. The van der Waals surface area contributed by atoms with E-state index in [4.69, 9.17) is 71.1 Å². The van der Waals surface area contributed by atoms with Crippen molar-refractivity contribution in [3.8, 4) is 34.5 Å². The van der Waals surface area contributed by atoms with Crippen LogP contribution in [0.1, 0.15) is 20.7 Å². The van der Waals surface area contributed by atoms with E-state index in [2.05, 4.69) is 0 Å². The van der Waals surface area contributed by atoms with E-state index < -0.39 is 23.9 Å². The van der Waals surface area contributed by atoms with Crippen LogP contribution in [0.25, 0.3) is 0 Å². The first kappa shape index (κ1) is 55.0. The zero-order chi connectivity index (χ0) is 47.1. The van der Waals surface area contributed by atoms with Crippen molar-refractivity contribution in [3.63, 3.8) is 0 Å². The van der Waals surface area contributed by atoms with Crippen LogP contribution in [0.4, 0.5) is 0 Å². The number of carboxylic acid groups (broad SMARTS) is 4. The smallest absolute Gasteiger partial charge is 0.328 e. The number of piperazine rings is 2. The van der Waals surface area contributed by atoms with Crippen LogP contribution in [0.15, 0.2) is 48.6 Å². The van der Waals surface area contributed by atoms with Crippen molar-refractivity contribution in [2.24, 2.45) is 11.5 Å². The number of guanidine groups is 2. The van der Waals surface area contributed by atoms with E-state index in [1.54, 1.807) is 43.9 Å². The van der Waals surface area contributed by atoms with Gasteiger partial charge in [0.2, 0.25) is 11.5 Å². The Morgan fingerprint density at radius 1 is 0.460 bits per heavy atom. The SMILES string of the molecule is COc1cc(C(=O)N2CCN(C(=N)N)CC2)cc(OC)c1OC.COc1cc(C(=O)N2CCN(C(=N)N)CC2)cc(OC)c1OC.O.O=C(O)/C=C/C(=O)O.O=C(O)/C=C/C(=O)O. The van der Waals surface area contributed by atoms with Crippen LogP contribution in [-0.4, -0.2) is 188 Å². The van der Waals surface area contributed by atoms with Gasteiger partial charge in [-0.1, -0.05) is 0 Å². The number of aliphatic carboxylic acids is 4. The number of hydrogen-bond acceptors (Lipinski definition) is 14. The predicted octanol–water partition coefficient (Wildman–Crippen LogP) is -0.674. The maximum Gasteiger partial charge on any atom is 0.328 e. The number of rotatable bonds is 12. The van der Waals surface area contributed by atoms with Crippen molar-refractivity contribution in [1.82, 2.24) is 19.6 Å². The molecule has 348 valence electrons. The Balaban J connectivity index is 0.000000902. The number of methoxy groups -OCH3 is 6. The van der Waals surface area contributed by atoms with E-state index in [1.165, 1.54) is 42.7 Å². The van der Waals surface area contributed by atoms with Gasteiger partial charge in [0.1, 0.15) is 0 Å². The Labute approximate surface area is 361 Å². The number of carbonyl (C=O) groups is 6. The van der Waals surface area contributed by atoms with E-state index in [0.29, 0.717) is 122 Å². The predicted molar refractivity (Wildman–Crippen MR) is 223 cm³/mol. The lowest BCUT2D eigenvalue weighted by Gasteiger charge is -2.35. The van der Waals surface area contributed by atoms with Gasteiger partial charge in [0, 0.05) is 87.8 Å². The van der Waals surface area contributed by atoms with E-state index in [-0.39, 0.29) is 29.2 Å². The average molecular weight is 895 g/mol. The molecule has 2 fully saturated rings. The Morgan fingerprint density at radius 2 is 0.667 bits per heavy atom. The molecule has 2 heterocycles. The molecule has 2 amide bonds. The normalized spacial score (nSPS) is 12.9. The standard InChI is InChI=1S/2C15H22N4O4.2C4H4O4.H2O/c2*1-21-11-8-10(9-12(22-2)13(11)23-3)14(20)18-4-6-19(7-5-18)15(16)17;2*5-3(6)1-2-4(7)8;/h2*8-9H,4-7H2,1-3H3,(H3,16,17);2*1-2H,(H,5,6)(H,7,8);1H2/b;;2*2-1+;. The number of nitrogens with one attached hydrogen (secondary N) is 2. The van der Waals surface area contributed by atoms with Crippen LogP contribution in [0.5, 0.6) is 34.5 Å². The molecule has 2 aliphatic heterocycles. The van der Waals surface area contributed by atoms with Gasteiger partial charge in [-0.15, -0.1) is 0 Å². The molecule has 2 aliphatic rings. The average Bonchev–Trinajstić information content (AvgIpc) is 3.26. The van der Waals surface area contributed by atoms with Crippen molar-refractivity contribution < 1.29 is 83.1 Å². The summed E-state index contributed by atoms with van der Waals surface area (Å²) < 4.78 is 31.6. The minimum Gasteiger partial charge on any atom is -0.493 e. The van der Waals surface area contributed by atoms with Crippen LogP contribution < -0.4 is 39.9 Å². The fourth-order valence-corrected chi connectivity index (χ4v) is 5.36. The third-order valence-corrected chi connectivity index (χ3v) is 8.38. The van der Waals surface area contributed by atoms with Crippen LogP contribution in [0.2, 0.25) is 0 Å². The first-order valence-corrected chi connectivity index (χ1v) is 17.9. The minimum atomic E-state index is -1.26. The van der Waals surface area contributed by atoms with Crippen molar-refractivity contribution in [2.75, 3.05) is 95.0 Å². The molecule has 0 unspecified atom stereocenters. The van der Waals surface area contributed by atoms with Gasteiger partial charge in [0.15, 0.2) is 34.9 Å². The van der Waals surface area contributed by atoms with Crippen molar-refractivity contribution >= 4 is 47.6 Å². The topological polar surface area (TPSA) is 383 Å². The number of amides is 2. The number of nitrogens with zero attached hydrogens (tertiary/aromatic N) is 4. The molecular formula is C38H54N8O17. The maximum atomic E-state index is 12.7. The highest BCUT2D eigenvalue weighted by Gasteiger charge is 2.26. The largest absolute Gasteiger partial charge is 0.493 e. The molecule has 0 saturated carbocycles. The lowest BCUT2D eigenvalue weighted by molar-refractivity contribution is -0.134. The van der Waals surface area contributed by atoms with Crippen LogP contribution in [0, 0.1) is 10.8 Å². The van der Waals surface area contributed by atoms with E-state index in [0.717, 1.165) is 0 Å². The molecule has 0 bridgehead atoms. The quantitative estimate of drug-likeness (QED) is 0.0743. The molecule has 0 spiro atoms. The zero-order valence-electron chi connectivity index (χ0n) is 35.4. The fourth-order valence-electron chi connectivity index (χ4n) is 5.36. The molecular weight excluding hydrogens is 840 g/mol. The summed E-state index contributed by atoms with van der Waals surface area (Å²) in [7, 11) is 9.08. The lowest BCUT2D eigenvalue weighted by Crippen LogP contribution is -2.52. The van der Waals surface area contributed by atoms with Gasteiger partial charge in [-0.25, -0.2) is 19.2 Å². The second kappa shape index (κ2) is 27.7. The molecule has 25 heteroatoms. The molecule has 0 radical (unpaired) electrons. The number of ether oxygens (including phenoxy) is 6. The number of hydrogen-bond donors (Lipinski definition) is 8. The monoisotopic (exact) mass is 894 g/mol. The van der Waals surface area contributed by atoms with Crippen molar-refractivity contribution in [3.05, 3.63) is 59.7 Å². The summed E-state index contributed by atoms with van der Waals surface area (Å²) in [4.78, 5) is 70.5. The van der Waals surface area contributed by atoms with Crippen LogP contribution in [-0.2, 0) is 19.2 Å². The highest BCUT2D eigenvalue weighted by molar-refractivity contribution is 5.97. The molecule has 2 aromatic carbocycles. The zero-order valence-corrected chi connectivity index (χ0v) is 35.4. The van der Waals surface area contributed by atoms with Gasteiger partial charge >= 0.3 is 23.9 Å². The third-order valence-electron chi connectivity index (χ3n) is 8.38. The summed E-state index contributed by atoms with van der Waals surface area (Å²) >= 11 is 0. The Hall–Kier alpha value is -7.96. The molecule has 0 aliphatic carbocycles. The summed E-state index contributed by atoms with van der Waals surface area (Å²) in [6.07, 6.45) is 2.23. The number of nitrogens with two attached hydrogens (primary N) is 2. The minimum absolute atomic E-state index is 0. The second-order valence-electron chi connectivity index (χ2n) is 12.2. The molecule has 2 aromatic rings. The van der Waals surface area contributed by atoms with Gasteiger partial charge in [-0.2, -0.15) is 0 Å². The molecule has 12 N–H and O–H groups in total. The second-order valence-corrected chi connectivity index (χ2v) is 12.2. The van der Waals surface area contributed by atoms with E-state index >= 15 is 0 Å². The number of carboxylic acids is 4. The van der Waals surface area contributed by atoms with Crippen LogP contribution in [0.3, 0.4) is 0 Å². The fraction of sp³-hybridized carbons (Fsp3) is 0.368. The molecule has 2 saturated heterocycles. The number of carbonyl (C=O) groups excluding carboxylic acids is 2. The maximum absolute atomic E-state index is 12.7. The van der Waals surface area contributed by atoms with Gasteiger partial charge in [-0.3, -0.25) is 20.4 Å². The van der Waals surface area contributed by atoms with Crippen molar-refractivity contribution in [2.45, 2.75) is 0 Å². The first-order valence-electron chi connectivity index (χ1n) is 17.9. The highest BCUT2D eigenvalue weighted by Crippen LogP contribution is 2.39. The lowest BCUT2D eigenvalue weighted by atomic mass is 10.1. The molecule has 0 atom stereocenters. The van der Waals surface area contributed by atoms with Crippen molar-refractivity contribution in [1.29, 1.82) is 10.8 Å². The molecule has 63 heavy (non-hydrogen) atoms. The summed E-state index contributed by atoms with van der Waals surface area (Å²) in [5.74, 6) is -2.53.